The lowest BCUT2D eigenvalue weighted by Gasteiger charge is -2.09. The first-order valence-electron chi connectivity index (χ1n) is 6.66. The van der Waals surface area contributed by atoms with Crippen LogP contribution in [-0.4, -0.2) is 15.6 Å². The molecule has 1 aromatic carbocycles. The van der Waals surface area contributed by atoms with E-state index in [9.17, 15) is 9.59 Å². The minimum atomic E-state index is -0.384. The highest BCUT2D eigenvalue weighted by atomic mass is 32.1. The lowest BCUT2D eigenvalue weighted by Crippen LogP contribution is -2.34. The molecule has 1 amide bonds. The number of aromatic nitrogens is 2. The molecule has 0 spiro atoms. The highest BCUT2D eigenvalue weighted by Gasteiger charge is 2.10. The number of hydrogen-bond donors (Lipinski definition) is 1. The van der Waals surface area contributed by atoms with Gasteiger partial charge in [-0.15, -0.1) is 11.3 Å². The second-order valence-corrected chi connectivity index (χ2v) is 5.55. The van der Waals surface area contributed by atoms with E-state index < -0.39 is 0 Å². The van der Waals surface area contributed by atoms with Gasteiger partial charge < -0.3 is 0 Å². The van der Waals surface area contributed by atoms with Crippen molar-refractivity contribution in [1.29, 1.82) is 0 Å². The number of nitrogens with zero attached hydrogens (tertiary/aromatic N) is 2. The molecule has 0 aliphatic heterocycles. The minimum absolute atomic E-state index is 0.273. The van der Waals surface area contributed by atoms with Crippen molar-refractivity contribution >= 4 is 33.5 Å². The second-order valence-electron chi connectivity index (χ2n) is 4.66. The molecule has 2 heterocycles. The number of aryl methyl sites for hydroxylation is 1. The summed E-state index contributed by atoms with van der Waals surface area (Å²) >= 11 is 1.40. The molecule has 0 saturated carbocycles. The van der Waals surface area contributed by atoms with Gasteiger partial charge in [-0.25, -0.2) is 9.66 Å². The average Bonchev–Trinajstić information content (AvgIpc) is 2.99. The molecule has 1 N–H and O–H groups in total. The Labute approximate surface area is 130 Å². The molecule has 22 heavy (non-hydrogen) atoms. The molecular weight excluding hydrogens is 298 g/mol. The fourth-order valence-electron chi connectivity index (χ4n) is 2.03. The highest BCUT2D eigenvalue weighted by molar-refractivity contribution is 7.16. The molecule has 0 unspecified atom stereocenters. The van der Waals surface area contributed by atoms with E-state index in [2.05, 4.69) is 10.4 Å². The van der Waals surface area contributed by atoms with Crippen LogP contribution in [-0.2, 0) is 4.79 Å². The monoisotopic (exact) mass is 311 g/mol. The van der Waals surface area contributed by atoms with Gasteiger partial charge in [0, 0.05) is 6.08 Å². The van der Waals surface area contributed by atoms with Gasteiger partial charge in [-0.2, -0.15) is 0 Å². The van der Waals surface area contributed by atoms with Gasteiger partial charge in [0.1, 0.15) is 10.7 Å². The van der Waals surface area contributed by atoms with Crippen molar-refractivity contribution in [2.45, 2.75) is 6.92 Å². The summed E-state index contributed by atoms with van der Waals surface area (Å²) in [5, 5.41) is 2.31. The van der Waals surface area contributed by atoms with Crippen molar-refractivity contribution in [3.05, 3.63) is 69.6 Å². The molecule has 3 rings (SSSR count). The van der Waals surface area contributed by atoms with Gasteiger partial charge in [-0.1, -0.05) is 30.3 Å². The zero-order chi connectivity index (χ0) is 15.5. The van der Waals surface area contributed by atoms with Gasteiger partial charge >= 0.3 is 0 Å². The van der Waals surface area contributed by atoms with Crippen LogP contribution in [0.15, 0.2) is 52.6 Å². The zero-order valence-electron chi connectivity index (χ0n) is 11.8. The molecule has 5 nitrogen and oxygen atoms in total. The SMILES string of the molecule is Cc1nc2sccc2c(=O)n1NC(=O)/C=C/c1ccccc1. The van der Waals surface area contributed by atoms with E-state index in [1.807, 2.05) is 30.3 Å². The maximum absolute atomic E-state index is 12.3. The molecule has 0 bridgehead atoms. The summed E-state index contributed by atoms with van der Waals surface area (Å²) in [6.07, 6.45) is 3.07. The summed E-state index contributed by atoms with van der Waals surface area (Å²) in [6.45, 7) is 1.68. The summed E-state index contributed by atoms with van der Waals surface area (Å²) in [6, 6.07) is 11.2. The normalized spacial score (nSPS) is 11.1. The smallest absolute Gasteiger partial charge is 0.268 e. The Hall–Kier alpha value is -2.73. The Morgan fingerprint density at radius 1 is 1.27 bits per heavy atom. The van der Waals surface area contributed by atoms with Crippen molar-refractivity contribution in [3.63, 3.8) is 0 Å². The summed E-state index contributed by atoms with van der Waals surface area (Å²) in [5.41, 5.74) is 3.19. The third-order valence-corrected chi connectivity index (χ3v) is 3.92. The van der Waals surface area contributed by atoms with Crippen molar-refractivity contribution in [3.8, 4) is 0 Å². The Balaban J connectivity index is 1.85. The van der Waals surface area contributed by atoms with Gasteiger partial charge in [0.05, 0.1) is 5.39 Å². The quantitative estimate of drug-likeness (QED) is 0.756. The number of amides is 1. The first kappa shape index (κ1) is 14.2. The standard InChI is InChI=1S/C16H13N3O2S/c1-11-17-15-13(9-10-22-15)16(21)19(11)18-14(20)8-7-12-5-3-2-4-6-12/h2-10H,1H3,(H,18,20)/b8-7+. The highest BCUT2D eigenvalue weighted by Crippen LogP contribution is 2.14. The number of carbonyl (C=O) groups is 1. The first-order chi connectivity index (χ1) is 10.6. The van der Waals surface area contributed by atoms with Gasteiger partial charge in [0.15, 0.2) is 0 Å². The molecule has 3 aromatic rings. The molecule has 0 atom stereocenters. The second kappa shape index (κ2) is 5.95. The van der Waals surface area contributed by atoms with Crippen LogP contribution in [0.25, 0.3) is 16.3 Å². The van der Waals surface area contributed by atoms with E-state index in [4.69, 9.17) is 0 Å². The largest absolute Gasteiger partial charge is 0.281 e. The van der Waals surface area contributed by atoms with Gasteiger partial charge in [0.25, 0.3) is 11.5 Å². The Bertz CT molecular complexity index is 910. The van der Waals surface area contributed by atoms with E-state index in [0.29, 0.717) is 16.0 Å². The van der Waals surface area contributed by atoms with Crippen LogP contribution in [0.5, 0.6) is 0 Å². The Morgan fingerprint density at radius 3 is 2.82 bits per heavy atom. The third kappa shape index (κ3) is 2.82. The summed E-state index contributed by atoms with van der Waals surface area (Å²) < 4.78 is 1.17. The molecule has 0 saturated heterocycles. The summed E-state index contributed by atoms with van der Waals surface area (Å²) in [7, 11) is 0. The van der Waals surface area contributed by atoms with Crippen LogP contribution in [0.2, 0.25) is 0 Å². The van der Waals surface area contributed by atoms with E-state index in [1.54, 1.807) is 24.4 Å². The number of rotatable bonds is 3. The van der Waals surface area contributed by atoms with E-state index in [0.717, 1.165) is 5.56 Å². The van der Waals surface area contributed by atoms with Gasteiger partial charge in [-0.05, 0) is 30.0 Å². The van der Waals surface area contributed by atoms with Crippen molar-refractivity contribution in [1.82, 2.24) is 9.66 Å². The Morgan fingerprint density at radius 2 is 2.05 bits per heavy atom. The van der Waals surface area contributed by atoms with Crippen LogP contribution in [0.3, 0.4) is 0 Å². The fourth-order valence-corrected chi connectivity index (χ4v) is 2.83. The molecular formula is C16H13N3O2S. The zero-order valence-corrected chi connectivity index (χ0v) is 12.6. The van der Waals surface area contributed by atoms with Crippen LogP contribution in [0.4, 0.5) is 0 Å². The maximum Gasteiger partial charge on any atom is 0.281 e. The number of nitrogens with one attached hydrogen (secondary N) is 1. The number of benzene rings is 1. The van der Waals surface area contributed by atoms with Crippen LogP contribution in [0, 0.1) is 6.92 Å². The van der Waals surface area contributed by atoms with Crippen molar-refractivity contribution in [2.24, 2.45) is 0 Å². The number of thiophene rings is 1. The molecule has 2 aromatic heterocycles. The van der Waals surface area contributed by atoms with Crippen molar-refractivity contribution in [2.75, 3.05) is 5.43 Å². The molecule has 6 heteroatoms. The molecule has 110 valence electrons. The maximum atomic E-state index is 12.3. The predicted molar refractivity (Wildman–Crippen MR) is 88.5 cm³/mol. The molecule has 0 radical (unpaired) electrons. The van der Waals surface area contributed by atoms with Crippen LogP contribution < -0.4 is 11.0 Å². The molecule has 0 aliphatic carbocycles. The Kier molecular flexibility index (Phi) is 3.84. The number of carbonyl (C=O) groups excluding carboxylic acids is 1. The first-order valence-corrected chi connectivity index (χ1v) is 7.54. The van der Waals surface area contributed by atoms with Crippen LogP contribution >= 0.6 is 11.3 Å². The summed E-state index contributed by atoms with van der Waals surface area (Å²) in [5.74, 6) is 0.0619. The number of fused-ring (bicyclic) bond motifs is 1. The van der Waals surface area contributed by atoms with Crippen LogP contribution in [0.1, 0.15) is 11.4 Å². The number of hydrogen-bond acceptors (Lipinski definition) is 4. The van der Waals surface area contributed by atoms with Gasteiger partial charge in [-0.3, -0.25) is 15.0 Å². The lowest BCUT2D eigenvalue weighted by molar-refractivity contribution is -0.112. The molecule has 0 fully saturated rings. The van der Waals surface area contributed by atoms with Gasteiger partial charge in [0.2, 0.25) is 0 Å². The predicted octanol–water partition coefficient (Wildman–Crippen LogP) is 2.55. The van der Waals surface area contributed by atoms with Crippen molar-refractivity contribution < 1.29 is 4.79 Å². The lowest BCUT2D eigenvalue weighted by atomic mass is 10.2. The molecule has 0 aliphatic rings. The van der Waals surface area contributed by atoms with E-state index >= 15 is 0 Å². The minimum Gasteiger partial charge on any atom is -0.268 e. The third-order valence-electron chi connectivity index (χ3n) is 3.11. The van der Waals surface area contributed by atoms with E-state index in [-0.39, 0.29) is 11.5 Å². The average molecular weight is 311 g/mol. The van der Waals surface area contributed by atoms with E-state index in [1.165, 1.54) is 22.1 Å². The fraction of sp³-hybridized carbons (Fsp3) is 0.0625. The topological polar surface area (TPSA) is 64.0 Å². The summed E-state index contributed by atoms with van der Waals surface area (Å²) in [4.78, 5) is 29.3.